The number of nitrogens with one attached hydrogen (secondary N) is 1. The van der Waals surface area contributed by atoms with Crippen molar-refractivity contribution in [3.05, 3.63) is 53.6 Å². The summed E-state index contributed by atoms with van der Waals surface area (Å²) in [5.74, 6) is 0.183. The van der Waals surface area contributed by atoms with E-state index in [4.69, 9.17) is 4.74 Å². The Morgan fingerprint density at radius 1 is 1.23 bits per heavy atom. The zero-order chi connectivity index (χ0) is 21.9. The van der Waals surface area contributed by atoms with Gasteiger partial charge in [-0.2, -0.15) is 9.57 Å². The van der Waals surface area contributed by atoms with Gasteiger partial charge in [0.1, 0.15) is 5.75 Å². The number of nitriles is 1. The Bertz CT molecular complexity index is 1080. The highest BCUT2D eigenvalue weighted by Crippen LogP contribution is 2.47. The minimum atomic E-state index is -3.82. The summed E-state index contributed by atoms with van der Waals surface area (Å²) < 4.78 is 32.1. The quantitative estimate of drug-likeness (QED) is 0.697. The van der Waals surface area contributed by atoms with Crippen LogP contribution in [0.25, 0.3) is 0 Å². The number of rotatable bonds is 8. The number of anilines is 1. The summed E-state index contributed by atoms with van der Waals surface area (Å²) in [6.07, 6.45) is 1.70. The molecule has 1 amide bonds. The van der Waals surface area contributed by atoms with Gasteiger partial charge in [0.15, 0.2) is 0 Å². The second-order valence-corrected chi connectivity index (χ2v) is 9.49. The minimum Gasteiger partial charge on any atom is -0.494 e. The van der Waals surface area contributed by atoms with Crippen molar-refractivity contribution in [3.63, 3.8) is 0 Å². The Morgan fingerprint density at radius 2 is 1.90 bits per heavy atom. The third-order valence-electron chi connectivity index (χ3n) is 5.21. The van der Waals surface area contributed by atoms with Gasteiger partial charge in [-0.3, -0.25) is 4.79 Å². The van der Waals surface area contributed by atoms with Crippen molar-refractivity contribution in [2.45, 2.75) is 37.0 Å². The standard InChI is InChI=1S/C22H25N3O4S/c1-4-29-20-10-9-19(13-16(20)2)30(27,28)25(3)14-21(26)24-18-7-5-17(6-8-18)22(15-23)11-12-22/h5-10,13H,4,11-12,14H2,1-3H3,(H,24,26). The highest BCUT2D eigenvalue weighted by Gasteiger charge is 2.44. The number of hydrogen-bond donors (Lipinski definition) is 1. The number of nitrogens with zero attached hydrogens (tertiary/aromatic N) is 2. The normalized spacial score (nSPS) is 14.8. The lowest BCUT2D eigenvalue weighted by atomic mass is 9.98. The van der Waals surface area contributed by atoms with Gasteiger partial charge in [0.05, 0.1) is 29.5 Å². The SMILES string of the molecule is CCOc1ccc(S(=O)(=O)N(C)CC(=O)Nc2ccc(C3(C#N)CC3)cc2)cc1C. The Balaban J connectivity index is 1.64. The maximum absolute atomic E-state index is 12.8. The molecule has 0 bridgehead atoms. The number of aryl methyl sites for hydroxylation is 1. The third-order valence-corrected chi connectivity index (χ3v) is 7.01. The number of hydrogen-bond acceptors (Lipinski definition) is 5. The lowest BCUT2D eigenvalue weighted by Gasteiger charge is -2.18. The maximum Gasteiger partial charge on any atom is 0.243 e. The van der Waals surface area contributed by atoms with E-state index in [0.717, 1.165) is 22.7 Å². The zero-order valence-corrected chi connectivity index (χ0v) is 18.1. The van der Waals surface area contributed by atoms with E-state index in [-0.39, 0.29) is 16.9 Å². The smallest absolute Gasteiger partial charge is 0.243 e. The average Bonchev–Trinajstić information content (AvgIpc) is 3.51. The summed E-state index contributed by atoms with van der Waals surface area (Å²) in [5, 5.41) is 12.0. The summed E-state index contributed by atoms with van der Waals surface area (Å²) in [6, 6.07) is 14.1. The molecule has 0 radical (unpaired) electrons. The van der Waals surface area contributed by atoms with Gasteiger partial charge in [-0.05, 0) is 68.1 Å². The number of likely N-dealkylation sites (N-methyl/N-ethyl adjacent to an activating group) is 1. The molecular weight excluding hydrogens is 402 g/mol. The fraction of sp³-hybridized carbons (Fsp3) is 0.364. The van der Waals surface area contributed by atoms with Crippen LogP contribution < -0.4 is 10.1 Å². The van der Waals surface area contributed by atoms with E-state index in [0.29, 0.717) is 23.6 Å². The van der Waals surface area contributed by atoms with E-state index in [1.165, 1.54) is 19.2 Å². The van der Waals surface area contributed by atoms with Crippen LogP contribution in [-0.2, 0) is 20.2 Å². The molecule has 1 aliphatic rings. The van der Waals surface area contributed by atoms with Crippen LogP contribution in [0.5, 0.6) is 5.75 Å². The minimum absolute atomic E-state index is 0.106. The molecule has 7 nitrogen and oxygen atoms in total. The van der Waals surface area contributed by atoms with E-state index in [9.17, 15) is 18.5 Å². The van der Waals surface area contributed by atoms with E-state index >= 15 is 0 Å². The molecule has 0 aliphatic heterocycles. The molecule has 0 saturated heterocycles. The molecule has 1 fully saturated rings. The van der Waals surface area contributed by atoms with Gasteiger partial charge >= 0.3 is 0 Å². The fourth-order valence-corrected chi connectivity index (χ4v) is 4.44. The summed E-state index contributed by atoms with van der Waals surface area (Å²) in [7, 11) is -2.45. The monoisotopic (exact) mass is 427 g/mol. The van der Waals surface area contributed by atoms with E-state index in [2.05, 4.69) is 11.4 Å². The molecular formula is C22H25N3O4S. The number of sulfonamides is 1. The number of ether oxygens (including phenoxy) is 1. The number of carbonyl (C=O) groups is 1. The fourth-order valence-electron chi connectivity index (χ4n) is 3.23. The molecule has 0 spiro atoms. The molecule has 0 heterocycles. The number of benzene rings is 2. The molecule has 0 aromatic heterocycles. The Kier molecular flexibility index (Phi) is 6.15. The van der Waals surface area contributed by atoms with Crippen molar-refractivity contribution in [2.24, 2.45) is 0 Å². The van der Waals surface area contributed by atoms with Gasteiger partial charge in [-0.1, -0.05) is 12.1 Å². The van der Waals surface area contributed by atoms with E-state index < -0.39 is 15.9 Å². The maximum atomic E-state index is 12.8. The van der Waals surface area contributed by atoms with Gasteiger partial charge < -0.3 is 10.1 Å². The Hall–Kier alpha value is -2.89. The summed E-state index contributed by atoms with van der Waals surface area (Å²) in [4.78, 5) is 12.5. The van der Waals surface area contributed by atoms with Crippen molar-refractivity contribution in [2.75, 3.05) is 25.5 Å². The van der Waals surface area contributed by atoms with Crippen molar-refractivity contribution in [1.82, 2.24) is 4.31 Å². The molecule has 0 unspecified atom stereocenters. The average molecular weight is 428 g/mol. The molecule has 158 valence electrons. The Labute approximate surface area is 177 Å². The highest BCUT2D eigenvalue weighted by atomic mass is 32.2. The van der Waals surface area contributed by atoms with Crippen molar-refractivity contribution in [1.29, 1.82) is 5.26 Å². The van der Waals surface area contributed by atoms with Crippen LogP contribution in [-0.4, -0.2) is 38.8 Å². The molecule has 2 aromatic rings. The molecule has 1 aliphatic carbocycles. The lowest BCUT2D eigenvalue weighted by molar-refractivity contribution is -0.116. The molecule has 2 aromatic carbocycles. The van der Waals surface area contributed by atoms with Gasteiger partial charge in [0.2, 0.25) is 15.9 Å². The molecule has 0 atom stereocenters. The van der Waals surface area contributed by atoms with Crippen LogP contribution in [0, 0.1) is 18.3 Å². The number of amides is 1. The van der Waals surface area contributed by atoms with Gasteiger partial charge in [-0.25, -0.2) is 8.42 Å². The zero-order valence-electron chi connectivity index (χ0n) is 17.3. The number of carbonyl (C=O) groups excluding carboxylic acids is 1. The van der Waals surface area contributed by atoms with Gasteiger partial charge in [0, 0.05) is 12.7 Å². The van der Waals surface area contributed by atoms with Crippen molar-refractivity contribution in [3.8, 4) is 11.8 Å². The van der Waals surface area contributed by atoms with Crippen LogP contribution in [0.15, 0.2) is 47.4 Å². The van der Waals surface area contributed by atoms with E-state index in [1.54, 1.807) is 25.1 Å². The Morgan fingerprint density at radius 3 is 2.43 bits per heavy atom. The van der Waals surface area contributed by atoms with Crippen molar-refractivity contribution >= 4 is 21.6 Å². The first-order chi connectivity index (χ1) is 14.2. The van der Waals surface area contributed by atoms with Crippen molar-refractivity contribution < 1.29 is 17.9 Å². The van der Waals surface area contributed by atoms with Gasteiger partial charge in [0.25, 0.3) is 0 Å². The second kappa shape index (κ2) is 8.46. The van der Waals surface area contributed by atoms with Gasteiger partial charge in [-0.15, -0.1) is 0 Å². The first kappa shape index (κ1) is 21.8. The highest BCUT2D eigenvalue weighted by molar-refractivity contribution is 7.89. The van der Waals surface area contributed by atoms with Crippen LogP contribution >= 0.6 is 0 Å². The predicted molar refractivity (Wildman–Crippen MR) is 114 cm³/mol. The second-order valence-electron chi connectivity index (χ2n) is 7.44. The lowest BCUT2D eigenvalue weighted by Crippen LogP contribution is -2.35. The molecule has 1 N–H and O–H groups in total. The third kappa shape index (κ3) is 4.48. The van der Waals surface area contributed by atoms with Crippen LogP contribution in [0.4, 0.5) is 5.69 Å². The molecule has 30 heavy (non-hydrogen) atoms. The summed E-state index contributed by atoms with van der Waals surface area (Å²) in [5.41, 5.74) is 1.82. The van der Waals surface area contributed by atoms with Crippen LogP contribution in [0.3, 0.4) is 0 Å². The molecule has 8 heteroatoms. The first-order valence-corrected chi connectivity index (χ1v) is 11.2. The summed E-state index contributed by atoms with van der Waals surface area (Å²) >= 11 is 0. The molecule has 3 rings (SSSR count). The van der Waals surface area contributed by atoms with E-state index in [1.807, 2.05) is 19.1 Å². The van der Waals surface area contributed by atoms with Crippen LogP contribution in [0.2, 0.25) is 0 Å². The summed E-state index contributed by atoms with van der Waals surface area (Å²) in [6.45, 7) is 3.81. The topological polar surface area (TPSA) is 99.5 Å². The predicted octanol–water partition coefficient (Wildman–Crippen LogP) is 3.21. The first-order valence-electron chi connectivity index (χ1n) is 9.73. The molecule has 1 saturated carbocycles. The largest absolute Gasteiger partial charge is 0.494 e. The van der Waals surface area contributed by atoms with Crippen LogP contribution in [0.1, 0.15) is 30.9 Å².